The molecule has 7 heteroatoms. The number of nitro benzene ring substituents is 1. The van der Waals surface area contributed by atoms with Gasteiger partial charge in [-0.3, -0.25) is 10.1 Å². The standard InChI is InChI=1S/C21H19N5O2/c1-14-10-11-18(15(2)12-14)22-21(16-6-5-7-17(13-16)26(27)28)25-20-9-4-3-8-19(20)23-24-25/h3-13,21-22H,1-2H3/t21-/m1/s1. The minimum Gasteiger partial charge on any atom is -0.360 e. The summed E-state index contributed by atoms with van der Waals surface area (Å²) in [7, 11) is 0. The van der Waals surface area contributed by atoms with E-state index in [-0.39, 0.29) is 5.69 Å². The number of aromatic nitrogens is 3. The number of hydrogen-bond donors (Lipinski definition) is 1. The molecule has 0 saturated heterocycles. The van der Waals surface area contributed by atoms with E-state index in [9.17, 15) is 10.1 Å². The highest BCUT2D eigenvalue weighted by Gasteiger charge is 2.20. The number of non-ortho nitro benzene ring substituents is 1. The summed E-state index contributed by atoms with van der Waals surface area (Å²) in [6.07, 6.45) is -0.450. The number of anilines is 1. The van der Waals surface area contributed by atoms with Gasteiger partial charge in [-0.15, -0.1) is 5.10 Å². The first-order valence-electron chi connectivity index (χ1n) is 8.91. The third-order valence-corrected chi connectivity index (χ3v) is 4.69. The Labute approximate surface area is 161 Å². The van der Waals surface area contributed by atoms with Crippen LogP contribution in [0.3, 0.4) is 0 Å². The minimum atomic E-state index is -0.450. The molecule has 1 aromatic heterocycles. The van der Waals surface area contributed by atoms with Crippen LogP contribution in [0.1, 0.15) is 22.9 Å². The topological polar surface area (TPSA) is 85.9 Å². The molecule has 28 heavy (non-hydrogen) atoms. The molecule has 7 nitrogen and oxygen atoms in total. The molecule has 0 fully saturated rings. The fourth-order valence-corrected chi connectivity index (χ4v) is 3.29. The number of aryl methyl sites for hydroxylation is 2. The van der Waals surface area contributed by atoms with E-state index in [4.69, 9.17) is 0 Å². The molecule has 1 atom stereocenters. The Morgan fingerprint density at radius 3 is 2.64 bits per heavy atom. The zero-order chi connectivity index (χ0) is 19.7. The quantitative estimate of drug-likeness (QED) is 0.408. The molecule has 4 rings (SSSR count). The van der Waals surface area contributed by atoms with E-state index >= 15 is 0 Å². The zero-order valence-electron chi connectivity index (χ0n) is 15.5. The zero-order valence-corrected chi connectivity index (χ0v) is 15.5. The smallest absolute Gasteiger partial charge is 0.269 e. The van der Waals surface area contributed by atoms with Crippen LogP contribution in [0.4, 0.5) is 11.4 Å². The van der Waals surface area contributed by atoms with E-state index in [2.05, 4.69) is 21.7 Å². The van der Waals surface area contributed by atoms with Gasteiger partial charge in [0.05, 0.1) is 10.4 Å². The highest BCUT2D eigenvalue weighted by molar-refractivity contribution is 5.74. The van der Waals surface area contributed by atoms with Gasteiger partial charge in [-0.05, 0) is 37.6 Å². The van der Waals surface area contributed by atoms with E-state index in [0.717, 1.165) is 27.8 Å². The van der Waals surface area contributed by atoms with Crippen LogP contribution in [0, 0.1) is 24.0 Å². The predicted molar refractivity (Wildman–Crippen MR) is 108 cm³/mol. The Morgan fingerprint density at radius 2 is 1.86 bits per heavy atom. The van der Waals surface area contributed by atoms with Gasteiger partial charge in [0.1, 0.15) is 11.7 Å². The van der Waals surface area contributed by atoms with Crippen molar-refractivity contribution in [2.45, 2.75) is 20.0 Å². The van der Waals surface area contributed by atoms with E-state index in [1.807, 2.05) is 56.3 Å². The van der Waals surface area contributed by atoms with Crippen LogP contribution in [0.2, 0.25) is 0 Å². The summed E-state index contributed by atoms with van der Waals surface area (Å²) in [6.45, 7) is 4.07. The van der Waals surface area contributed by atoms with Crippen molar-refractivity contribution in [3.8, 4) is 0 Å². The molecule has 1 N–H and O–H groups in total. The number of fused-ring (bicyclic) bond motifs is 1. The second kappa shape index (κ2) is 7.11. The number of hydrogen-bond acceptors (Lipinski definition) is 5. The normalized spacial score (nSPS) is 12.1. The lowest BCUT2D eigenvalue weighted by molar-refractivity contribution is -0.384. The number of rotatable bonds is 5. The molecule has 0 aliphatic heterocycles. The molecule has 4 aromatic rings. The van der Waals surface area contributed by atoms with Crippen molar-refractivity contribution in [2.24, 2.45) is 0 Å². The van der Waals surface area contributed by atoms with Crippen molar-refractivity contribution in [1.29, 1.82) is 0 Å². The molecular weight excluding hydrogens is 354 g/mol. The van der Waals surface area contributed by atoms with Gasteiger partial charge in [-0.1, -0.05) is 47.2 Å². The van der Waals surface area contributed by atoms with Gasteiger partial charge in [0.25, 0.3) is 5.69 Å². The summed E-state index contributed by atoms with van der Waals surface area (Å²) >= 11 is 0. The first-order valence-corrected chi connectivity index (χ1v) is 8.91. The first kappa shape index (κ1) is 17.7. The molecule has 140 valence electrons. The minimum absolute atomic E-state index is 0.0364. The Hall–Kier alpha value is -3.74. The lowest BCUT2D eigenvalue weighted by Crippen LogP contribution is -2.21. The molecule has 0 aliphatic rings. The largest absolute Gasteiger partial charge is 0.360 e. The average Bonchev–Trinajstić information content (AvgIpc) is 3.11. The summed E-state index contributed by atoms with van der Waals surface area (Å²) < 4.78 is 1.76. The third-order valence-electron chi connectivity index (χ3n) is 4.69. The number of nitro groups is 1. The van der Waals surface area contributed by atoms with Gasteiger partial charge < -0.3 is 5.32 Å². The van der Waals surface area contributed by atoms with Crippen LogP contribution in [-0.2, 0) is 0 Å². The van der Waals surface area contributed by atoms with Gasteiger partial charge in [0.2, 0.25) is 0 Å². The van der Waals surface area contributed by atoms with Crippen LogP contribution in [0.5, 0.6) is 0 Å². The Balaban J connectivity index is 1.85. The molecular formula is C21H19N5O2. The van der Waals surface area contributed by atoms with Crippen molar-refractivity contribution in [1.82, 2.24) is 15.0 Å². The summed E-state index contributed by atoms with van der Waals surface area (Å²) in [6, 6.07) is 20.4. The van der Waals surface area contributed by atoms with Crippen LogP contribution in [0.15, 0.2) is 66.7 Å². The highest BCUT2D eigenvalue weighted by Crippen LogP contribution is 2.28. The van der Waals surface area contributed by atoms with Crippen molar-refractivity contribution in [2.75, 3.05) is 5.32 Å². The van der Waals surface area contributed by atoms with Gasteiger partial charge in [-0.25, -0.2) is 4.68 Å². The summed E-state index contributed by atoms with van der Waals surface area (Å²) in [5, 5.41) is 23.3. The molecule has 3 aromatic carbocycles. The van der Waals surface area contributed by atoms with Gasteiger partial charge in [-0.2, -0.15) is 0 Å². The monoisotopic (exact) mass is 373 g/mol. The summed E-state index contributed by atoms with van der Waals surface area (Å²) in [4.78, 5) is 10.9. The Bertz CT molecular complexity index is 1170. The average molecular weight is 373 g/mol. The van der Waals surface area contributed by atoms with Crippen molar-refractivity contribution in [3.05, 3.63) is 93.5 Å². The van der Waals surface area contributed by atoms with E-state index in [1.54, 1.807) is 16.8 Å². The molecule has 0 spiro atoms. The number of para-hydroxylation sites is 1. The maximum Gasteiger partial charge on any atom is 0.269 e. The molecule has 0 saturated carbocycles. The maximum atomic E-state index is 11.3. The Kier molecular flexibility index (Phi) is 4.49. The second-order valence-electron chi connectivity index (χ2n) is 6.74. The molecule has 1 heterocycles. The second-order valence-corrected chi connectivity index (χ2v) is 6.74. The van der Waals surface area contributed by atoms with Crippen LogP contribution in [0.25, 0.3) is 11.0 Å². The summed E-state index contributed by atoms with van der Waals surface area (Å²) in [5.41, 5.74) is 5.55. The maximum absolute atomic E-state index is 11.3. The van der Waals surface area contributed by atoms with E-state index in [0.29, 0.717) is 0 Å². The van der Waals surface area contributed by atoms with Gasteiger partial charge in [0.15, 0.2) is 0 Å². The Morgan fingerprint density at radius 1 is 1.04 bits per heavy atom. The summed E-state index contributed by atoms with van der Waals surface area (Å²) in [5.74, 6) is 0. The van der Waals surface area contributed by atoms with Crippen LogP contribution in [-0.4, -0.2) is 19.9 Å². The fraction of sp³-hybridized carbons (Fsp3) is 0.143. The van der Waals surface area contributed by atoms with Crippen molar-refractivity contribution < 1.29 is 4.92 Å². The lowest BCUT2D eigenvalue weighted by atomic mass is 10.1. The van der Waals surface area contributed by atoms with Crippen molar-refractivity contribution >= 4 is 22.4 Å². The lowest BCUT2D eigenvalue weighted by Gasteiger charge is -2.22. The van der Waals surface area contributed by atoms with Crippen LogP contribution >= 0.6 is 0 Å². The number of nitrogens with one attached hydrogen (secondary N) is 1. The molecule has 0 amide bonds. The first-order chi connectivity index (χ1) is 13.5. The van der Waals surface area contributed by atoms with Crippen molar-refractivity contribution in [3.63, 3.8) is 0 Å². The van der Waals surface area contributed by atoms with Gasteiger partial charge >= 0.3 is 0 Å². The van der Waals surface area contributed by atoms with Gasteiger partial charge in [0, 0.05) is 23.4 Å². The molecule has 0 radical (unpaired) electrons. The highest BCUT2D eigenvalue weighted by atomic mass is 16.6. The van der Waals surface area contributed by atoms with Crippen LogP contribution < -0.4 is 5.32 Å². The SMILES string of the molecule is Cc1ccc(N[C@@H](c2cccc([N+](=O)[O-])c2)n2nnc3ccccc32)c(C)c1. The molecule has 0 unspecified atom stereocenters. The molecule has 0 bridgehead atoms. The number of nitrogens with zero attached hydrogens (tertiary/aromatic N) is 4. The fourth-order valence-electron chi connectivity index (χ4n) is 3.29. The predicted octanol–water partition coefficient (Wildman–Crippen LogP) is 4.62. The van der Waals surface area contributed by atoms with E-state index < -0.39 is 11.1 Å². The third kappa shape index (κ3) is 3.29. The van der Waals surface area contributed by atoms with E-state index in [1.165, 1.54) is 11.6 Å². The number of benzene rings is 3. The molecule has 0 aliphatic carbocycles.